The van der Waals surface area contributed by atoms with E-state index in [1.54, 1.807) is 0 Å². The van der Waals surface area contributed by atoms with E-state index in [0.717, 1.165) is 49.3 Å². The molecule has 3 fully saturated rings. The van der Waals surface area contributed by atoms with Crippen LogP contribution in [0.2, 0.25) is 0 Å². The number of rotatable bonds is 2. The van der Waals surface area contributed by atoms with Crippen LogP contribution in [-0.2, 0) is 4.74 Å². The Morgan fingerprint density at radius 1 is 1.33 bits per heavy atom. The zero-order valence-electron chi connectivity index (χ0n) is 16.6. The van der Waals surface area contributed by atoms with Crippen molar-refractivity contribution in [2.24, 2.45) is 40.2 Å². The summed E-state index contributed by atoms with van der Waals surface area (Å²) in [6.07, 6.45) is 18.6. The molecule has 1 spiro atoms. The average molecular weight is 368 g/mol. The highest BCUT2D eigenvalue weighted by molar-refractivity contribution is 5.96. The van der Waals surface area contributed by atoms with Crippen molar-refractivity contribution in [3.05, 3.63) is 36.5 Å². The van der Waals surface area contributed by atoms with Crippen LogP contribution in [-0.4, -0.2) is 23.1 Å². The van der Waals surface area contributed by atoms with Gasteiger partial charge in [-0.2, -0.15) is 0 Å². The molecule has 1 N–H and O–H groups in total. The summed E-state index contributed by atoms with van der Waals surface area (Å²) < 4.78 is 6.46. The molecule has 3 saturated carbocycles. The van der Waals surface area contributed by atoms with Crippen LogP contribution in [0.3, 0.4) is 0 Å². The smallest absolute Gasteiger partial charge is 0.0926 e. The third kappa shape index (κ3) is 2.27. The molecule has 0 aromatic heterocycles. The summed E-state index contributed by atoms with van der Waals surface area (Å²) in [5.41, 5.74) is 2.71. The Kier molecular flexibility index (Phi) is 4.16. The molecule has 5 aliphatic rings. The molecule has 5 rings (SSSR count). The van der Waals surface area contributed by atoms with Gasteiger partial charge in [-0.05, 0) is 87.0 Å². The van der Waals surface area contributed by atoms with Gasteiger partial charge in [-0.15, -0.1) is 6.58 Å². The second-order valence-corrected chi connectivity index (χ2v) is 9.60. The Labute approximate surface area is 163 Å². The van der Waals surface area contributed by atoms with E-state index in [9.17, 15) is 5.21 Å². The summed E-state index contributed by atoms with van der Waals surface area (Å²) in [4.78, 5) is 0. The fourth-order valence-corrected chi connectivity index (χ4v) is 8.16. The Morgan fingerprint density at radius 2 is 2.22 bits per heavy atom. The number of ether oxygens (including phenoxy) is 1. The topological polar surface area (TPSA) is 41.8 Å². The molecule has 7 atom stereocenters. The molecule has 0 saturated heterocycles. The van der Waals surface area contributed by atoms with Crippen LogP contribution in [0.5, 0.6) is 0 Å². The predicted molar refractivity (Wildman–Crippen MR) is 108 cm³/mol. The molecule has 0 aromatic rings. The Balaban J connectivity index is 1.54. The van der Waals surface area contributed by atoms with Gasteiger partial charge >= 0.3 is 0 Å². The lowest BCUT2D eigenvalue weighted by Gasteiger charge is -2.58. The van der Waals surface area contributed by atoms with Crippen LogP contribution in [0.4, 0.5) is 0 Å². The Bertz CT molecular complexity index is 722. The average Bonchev–Trinajstić information content (AvgIpc) is 3.33. The highest BCUT2D eigenvalue weighted by atomic mass is 16.5. The SMILES string of the molecule is C=CC1CC2=C/C(=N/O)CCC2C2CCC3(CC)C(CCC34C=CCO4)C12. The molecular formula is C24H33NO2. The maximum atomic E-state index is 9.25. The molecule has 0 amide bonds. The van der Waals surface area contributed by atoms with Gasteiger partial charge in [-0.1, -0.05) is 35.9 Å². The Hall–Kier alpha value is -1.35. The first-order valence-corrected chi connectivity index (χ1v) is 11.0. The number of fused-ring (bicyclic) bond motifs is 6. The largest absolute Gasteiger partial charge is 0.411 e. The van der Waals surface area contributed by atoms with Gasteiger partial charge in [-0.3, -0.25) is 0 Å². The fourth-order valence-electron chi connectivity index (χ4n) is 8.16. The van der Waals surface area contributed by atoms with E-state index in [1.165, 1.54) is 37.7 Å². The molecule has 1 heterocycles. The molecule has 3 nitrogen and oxygen atoms in total. The lowest BCUT2D eigenvalue weighted by atomic mass is 9.47. The molecular weight excluding hydrogens is 334 g/mol. The number of nitrogens with zero attached hydrogens (tertiary/aromatic N) is 1. The molecule has 4 aliphatic carbocycles. The van der Waals surface area contributed by atoms with Crippen molar-refractivity contribution >= 4 is 5.71 Å². The fraction of sp³-hybridized carbons (Fsp3) is 0.708. The standard InChI is InChI=1S/C24H33NO2/c1-3-16-14-17-15-18(25-26)6-7-19(17)20-8-11-23(4-2)21(22(16)20)9-12-24(23)10-5-13-27-24/h3,5,10,15-16,19-22,26H,1,4,6-9,11-14H2,2H3/b25-18+. The van der Waals surface area contributed by atoms with E-state index in [4.69, 9.17) is 4.74 Å². The number of oxime groups is 1. The highest BCUT2D eigenvalue weighted by Gasteiger charge is 2.65. The summed E-state index contributed by atoms with van der Waals surface area (Å²) in [6.45, 7) is 7.45. The molecule has 0 bridgehead atoms. The Morgan fingerprint density at radius 3 is 2.93 bits per heavy atom. The van der Waals surface area contributed by atoms with Crippen LogP contribution >= 0.6 is 0 Å². The van der Waals surface area contributed by atoms with E-state index < -0.39 is 0 Å². The minimum absolute atomic E-state index is 0.00248. The minimum Gasteiger partial charge on any atom is -0.411 e. The first kappa shape index (κ1) is 17.7. The maximum absolute atomic E-state index is 9.25. The van der Waals surface area contributed by atoms with Gasteiger partial charge in [0.05, 0.1) is 17.9 Å². The van der Waals surface area contributed by atoms with Crippen molar-refractivity contribution in [3.63, 3.8) is 0 Å². The second kappa shape index (κ2) is 6.34. The first-order chi connectivity index (χ1) is 13.2. The maximum Gasteiger partial charge on any atom is 0.0926 e. The van der Waals surface area contributed by atoms with Gasteiger partial charge < -0.3 is 9.94 Å². The third-order valence-corrected chi connectivity index (χ3v) is 9.17. The van der Waals surface area contributed by atoms with Crippen LogP contribution in [0.15, 0.2) is 41.6 Å². The summed E-state index contributed by atoms with van der Waals surface area (Å²) >= 11 is 0. The van der Waals surface area contributed by atoms with E-state index in [-0.39, 0.29) is 5.60 Å². The zero-order valence-corrected chi connectivity index (χ0v) is 16.6. The highest BCUT2D eigenvalue weighted by Crippen LogP contribution is 2.69. The second-order valence-electron chi connectivity index (χ2n) is 9.60. The van der Waals surface area contributed by atoms with Crippen molar-refractivity contribution in [2.45, 2.75) is 63.9 Å². The minimum atomic E-state index is 0.00248. The van der Waals surface area contributed by atoms with Gasteiger partial charge in [0.1, 0.15) is 0 Å². The quantitative estimate of drug-likeness (QED) is 0.397. The van der Waals surface area contributed by atoms with Gasteiger partial charge in [0, 0.05) is 5.41 Å². The van der Waals surface area contributed by atoms with Gasteiger partial charge in [0.15, 0.2) is 0 Å². The molecule has 27 heavy (non-hydrogen) atoms. The van der Waals surface area contributed by atoms with Crippen molar-refractivity contribution < 1.29 is 9.94 Å². The van der Waals surface area contributed by atoms with Crippen LogP contribution in [0, 0.1) is 35.0 Å². The number of hydrogen-bond donors (Lipinski definition) is 1. The molecule has 3 heteroatoms. The molecule has 0 radical (unpaired) electrons. The van der Waals surface area contributed by atoms with Gasteiger partial charge in [-0.25, -0.2) is 0 Å². The lowest BCUT2D eigenvalue weighted by molar-refractivity contribution is -0.128. The molecule has 1 aliphatic heterocycles. The van der Waals surface area contributed by atoms with Crippen LogP contribution < -0.4 is 0 Å². The van der Waals surface area contributed by atoms with Gasteiger partial charge in [0.25, 0.3) is 0 Å². The molecule has 7 unspecified atom stereocenters. The zero-order chi connectivity index (χ0) is 18.6. The van der Waals surface area contributed by atoms with Crippen LogP contribution in [0.1, 0.15) is 58.3 Å². The van der Waals surface area contributed by atoms with Crippen molar-refractivity contribution in [2.75, 3.05) is 6.61 Å². The number of hydrogen-bond acceptors (Lipinski definition) is 3. The van der Waals surface area contributed by atoms with Gasteiger partial charge in [0.2, 0.25) is 0 Å². The molecule has 0 aromatic carbocycles. The lowest BCUT2D eigenvalue weighted by Crippen LogP contribution is -2.55. The predicted octanol–water partition coefficient (Wildman–Crippen LogP) is 5.52. The molecule has 146 valence electrons. The summed E-state index contributed by atoms with van der Waals surface area (Å²) in [5.74, 6) is 3.48. The number of allylic oxidation sites excluding steroid dienone is 3. The van der Waals surface area contributed by atoms with E-state index in [0.29, 0.717) is 17.3 Å². The normalized spacial score (nSPS) is 49.6. The third-order valence-electron chi connectivity index (χ3n) is 9.17. The van der Waals surface area contributed by atoms with Crippen molar-refractivity contribution in [3.8, 4) is 0 Å². The van der Waals surface area contributed by atoms with Crippen molar-refractivity contribution in [1.29, 1.82) is 0 Å². The monoisotopic (exact) mass is 367 g/mol. The van der Waals surface area contributed by atoms with Crippen molar-refractivity contribution in [1.82, 2.24) is 0 Å². The van der Waals surface area contributed by atoms with E-state index in [2.05, 4.69) is 43.0 Å². The van der Waals surface area contributed by atoms with E-state index >= 15 is 0 Å². The first-order valence-electron chi connectivity index (χ1n) is 11.0. The summed E-state index contributed by atoms with van der Waals surface area (Å²) in [5, 5.41) is 12.8. The van der Waals surface area contributed by atoms with Crippen LogP contribution in [0.25, 0.3) is 0 Å². The van der Waals surface area contributed by atoms with E-state index in [1.807, 2.05) is 0 Å². The summed E-state index contributed by atoms with van der Waals surface area (Å²) in [7, 11) is 0. The summed E-state index contributed by atoms with van der Waals surface area (Å²) in [6, 6.07) is 0.